The first-order valence-corrected chi connectivity index (χ1v) is 7.57. The van der Waals surface area contributed by atoms with Gasteiger partial charge in [-0.2, -0.15) is 0 Å². The van der Waals surface area contributed by atoms with Crippen LogP contribution < -0.4 is 5.32 Å². The van der Waals surface area contributed by atoms with Crippen molar-refractivity contribution in [2.45, 2.75) is 57.4 Å². The average molecular weight is 243 g/mol. The van der Waals surface area contributed by atoms with Crippen LogP contribution in [-0.4, -0.2) is 12.6 Å². The smallest absolute Gasteiger partial charge is 0.0139 e. The van der Waals surface area contributed by atoms with E-state index in [-0.39, 0.29) is 0 Å². The summed E-state index contributed by atoms with van der Waals surface area (Å²) >= 11 is 0. The van der Waals surface area contributed by atoms with Crippen molar-refractivity contribution in [1.82, 2.24) is 5.32 Å². The Morgan fingerprint density at radius 1 is 1.17 bits per heavy atom. The third-order valence-corrected chi connectivity index (χ3v) is 4.46. The lowest BCUT2D eigenvalue weighted by Crippen LogP contribution is -2.27. The van der Waals surface area contributed by atoms with E-state index in [4.69, 9.17) is 0 Å². The van der Waals surface area contributed by atoms with E-state index in [0.29, 0.717) is 6.04 Å². The van der Waals surface area contributed by atoms with Gasteiger partial charge in [0, 0.05) is 12.0 Å². The van der Waals surface area contributed by atoms with Crippen LogP contribution in [0.3, 0.4) is 0 Å². The van der Waals surface area contributed by atoms with Crippen molar-refractivity contribution >= 4 is 0 Å². The Kier molecular flexibility index (Phi) is 3.43. The molecular weight excluding hydrogens is 218 g/mol. The van der Waals surface area contributed by atoms with E-state index in [0.717, 1.165) is 17.8 Å². The van der Waals surface area contributed by atoms with E-state index in [1.54, 1.807) is 11.1 Å². The highest BCUT2D eigenvalue weighted by atomic mass is 14.9. The van der Waals surface area contributed by atoms with Gasteiger partial charge in [-0.3, -0.25) is 0 Å². The summed E-state index contributed by atoms with van der Waals surface area (Å²) in [4.78, 5) is 0. The van der Waals surface area contributed by atoms with Crippen molar-refractivity contribution in [1.29, 1.82) is 0 Å². The molecule has 18 heavy (non-hydrogen) atoms. The number of nitrogens with one attached hydrogen (secondary N) is 1. The van der Waals surface area contributed by atoms with Crippen LogP contribution in [0.5, 0.6) is 0 Å². The van der Waals surface area contributed by atoms with Gasteiger partial charge in [-0.05, 0) is 55.2 Å². The Morgan fingerprint density at radius 3 is 2.67 bits per heavy atom. The summed E-state index contributed by atoms with van der Waals surface area (Å²) in [5.41, 5.74) is 3.16. The zero-order valence-electron chi connectivity index (χ0n) is 11.7. The first-order chi connectivity index (χ1) is 8.74. The third kappa shape index (κ3) is 2.61. The molecule has 1 aromatic carbocycles. The average Bonchev–Trinajstić information content (AvgIpc) is 3.10. The fourth-order valence-corrected chi connectivity index (χ4v) is 3.38. The molecule has 2 aliphatic rings. The molecule has 0 radical (unpaired) electrons. The number of benzene rings is 1. The molecule has 1 saturated heterocycles. The molecule has 0 aromatic heterocycles. The van der Waals surface area contributed by atoms with Crippen molar-refractivity contribution in [3.63, 3.8) is 0 Å². The third-order valence-electron chi connectivity index (χ3n) is 4.46. The Labute approximate surface area is 111 Å². The standard InChI is InChI=1S/C17H25N/c1-12(2)10-17-16(8-9-18-17)15-5-3-4-14(11-15)13-6-7-13/h3-5,11-13,16-18H,6-10H2,1-2H3. The van der Waals surface area contributed by atoms with Gasteiger partial charge in [0.2, 0.25) is 0 Å². The van der Waals surface area contributed by atoms with Crippen LogP contribution in [0.2, 0.25) is 0 Å². The summed E-state index contributed by atoms with van der Waals surface area (Å²) in [6.07, 6.45) is 5.42. The molecule has 98 valence electrons. The minimum absolute atomic E-state index is 0.694. The first kappa shape index (κ1) is 12.2. The zero-order chi connectivity index (χ0) is 12.5. The highest BCUT2D eigenvalue weighted by Crippen LogP contribution is 2.41. The largest absolute Gasteiger partial charge is 0.313 e. The van der Waals surface area contributed by atoms with Gasteiger partial charge in [-0.15, -0.1) is 0 Å². The summed E-state index contributed by atoms with van der Waals surface area (Å²) in [5, 5.41) is 3.70. The molecule has 1 aliphatic carbocycles. The molecule has 1 heteroatoms. The second-order valence-electron chi connectivity index (χ2n) is 6.53. The van der Waals surface area contributed by atoms with Crippen LogP contribution in [0.4, 0.5) is 0 Å². The summed E-state index contributed by atoms with van der Waals surface area (Å²) in [5.74, 6) is 2.41. The maximum atomic E-state index is 3.70. The predicted octanol–water partition coefficient (Wildman–Crippen LogP) is 4.06. The molecular formula is C17H25N. The highest BCUT2D eigenvalue weighted by molar-refractivity contribution is 5.32. The van der Waals surface area contributed by atoms with Crippen molar-refractivity contribution < 1.29 is 0 Å². The molecule has 0 bridgehead atoms. The van der Waals surface area contributed by atoms with Crippen molar-refractivity contribution in [2.24, 2.45) is 5.92 Å². The van der Waals surface area contributed by atoms with Gasteiger partial charge in [-0.1, -0.05) is 38.1 Å². The van der Waals surface area contributed by atoms with E-state index in [1.807, 2.05) is 0 Å². The fourth-order valence-electron chi connectivity index (χ4n) is 3.38. The summed E-state index contributed by atoms with van der Waals surface area (Å²) in [6, 6.07) is 10.1. The Hall–Kier alpha value is -0.820. The van der Waals surface area contributed by atoms with Gasteiger partial charge in [0.05, 0.1) is 0 Å². The predicted molar refractivity (Wildman–Crippen MR) is 77.0 cm³/mol. The molecule has 2 atom stereocenters. The van der Waals surface area contributed by atoms with Crippen molar-refractivity contribution in [3.8, 4) is 0 Å². The minimum Gasteiger partial charge on any atom is -0.313 e. The summed E-state index contributed by atoms with van der Waals surface area (Å²) in [6.45, 7) is 5.85. The van der Waals surface area contributed by atoms with E-state index in [9.17, 15) is 0 Å². The van der Waals surface area contributed by atoms with Gasteiger partial charge in [0.15, 0.2) is 0 Å². The Bertz CT molecular complexity index is 406. The molecule has 1 aromatic rings. The second-order valence-corrected chi connectivity index (χ2v) is 6.53. The van der Waals surface area contributed by atoms with Crippen LogP contribution in [0.15, 0.2) is 24.3 Å². The molecule has 1 nitrogen and oxygen atoms in total. The van der Waals surface area contributed by atoms with Crippen LogP contribution in [0.1, 0.15) is 62.5 Å². The first-order valence-electron chi connectivity index (χ1n) is 7.57. The second kappa shape index (κ2) is 5.05. The molecule has 3 rings (SSSR count). The normalized spacial score (nSPS) is 27.9. The number of hydrogen-bond acceptors (Lipinski definition) is 1. The van der Waals surface area contributed by atoms with E-state index >= 15 is 0 Å². The van der Waals surface area contributed by atoms with Gasteiger partial charge in [0.25, 0.3) is 0 Å². The fraction of sp³-hybridized carbons (Fsp3) is 0.647. The number of hydrogen-bond donors (Lipinski definition) is 1. The molecule has 1 heterocycles. The van der Waals surface area contributed by atoms with Gasteiger partial charge < -0.3 is 5.32 Å². The van der Waals surface area contributed by atoms with Gasteiger partial charge in [-0.25, -0.2) is 0 Å². The lowest BCUT2D eigenvalue weighted by Gasteiger charge is -2.22. The SMILES string of the molecule is CC(C)CC1NCCC1c1cccc(C2CC2)c1. The van der Waals surface area contributed by atoms with E-state index in [1.165, 1.54) is 32.2 Å². The number of rotatable bonds is 4. The zero-order valence-corrected chi connectivity index (χ0v) is 11.7. The van der Waals surface area contributed by atoms with Crippen LogP contribution in [-0.2, 0) is 0 Å². The van der Waals surface area contributed by atoms with Crippen molar-refractivity contribution in [2.75, 3.05) is 6.54 Å². The lowest BCUT2D eigenvalue weighted by atomic mass is 9.86. The molecule has 0 amide bonds. The molecule has 2 unspecified atom stereocenters. The summed E-state index contributed by atoms with van der Waals surface area (Å²) in [7, 11) is 0. The quantitative estimate of drug-likeness (QED) is 0.841. The Balaban J connectivity index is 1.77. The van der Waals surface area contributed by atoms with Gasteiger partial charge >= 0.3 is 0 Å². The lowest BCUT2D eigenvalue weighted by molar-refractivity contribution is 0.434. The highest BCUT2D eigenvalue weighted by Gasteiger charge is 2.30. The topological polar surface area (TPSA) is 12.0 Å². The molecule has 1 aliphatic heterocycles. The van der Waals surface area contributed by atoms with E-state index in [2.05, 4.69) is 43.4 Å². The van der Waals surface area contributed by atoms with Gasteiger partial charge in [0.1, 0.15) is 0 Å². The minimum atomic E-state index is 0.694. The van der Waals surface area contributed by atoms with Crippen LogP contribution in [0.25, 0.3) is 0 Å². The van der Waals surface area contributed by atoms with Crippen LogP contribution >= 0.6 is 0 Å². The molecule has 1 N–H and O–H groups in total. The maximum Gasteiger partial charge on any atom is 0.0139 e. The summed E-state index contributed by atoms with van der Waals surface area (Å²) < 4.78 is 0. The van der Waals surface area contributed by atoms with Crippen LogP contribution in [0, 0.1) is 5.92 Å². The maximum absolute atomic E-state index is 3.70. The molecule has 0 spiro atoms. The molecule has 2 fully saturated rings. The molecule has 1 saturated carbocycles. The van der Waals surface area contributed by atoms with Crippen molar-refractivity contribution in [3.05, 3.63) is 35.4 Å². The Morgan fingerprint density at radius 2 is 1.94 bits per heavy atom. The van der Waals surface area contributed by atoms with E-state index < -0.39 is 0 Å². The monoisotopic (exact) mass is 243 g/mol.